The summed E-state index contributed by atoms with van der Waals surface area (Å²) >= 11 is 3.52. The van der Waals surface area contributed by atoms with Crippen LogP contribution in [0.4, 0.5) is 5.69 Å². The number of amides is 2. The summed E-state index contributed by atoms with van der Waals surface area (Å²) in [6.07, 6.45) is 0. The number of benzene rings is 3. The number of halogens is 1. The van der Waals surface area contributed by atoms with Crippen LogP contribution >= 0.6 is 15.9 Å². The third-order valence-electron chi connectivity index (χ3n) is 4.90. The lowest BCUT2D eigenvalue weighted by atomic mass is 9.95. The van der Waals surface area contributed by atoms with Crippen molar-refractivity contribution in [2.45, 2.75) is 6.04 Å². The molecule has 0 radical (unpaired) electrons. The summed E-state index contributed by atoms with van der Waals surface area (Å²) in [5.41, 5.74) is 2.96. The Hall–Kier alpha value is -3.12. The smallest absolute Gasteiger partial charge is 0.255 e. The number of nitrogens with zero attached hydrogens (tertiary/aromatic N) is 1. The van der Waals surface area contributed by atoms with E-state index in [9.17, 15) is 9.59 Å². The maximum absolute atomic E-state index is 13.5. The third-order valence-corrected chi connectivity index (χ3v) is 5.39. The second kappa shape index (κ2) is 8.09. The van der Waals surface area contributed by atoms with Gasteiger partial charge in [-0.3, -0.25) is 9.59 Å². The normalized spacial score (nSPS) is 15.9. The average molecular weight is 451 g/mol. The number of carbonyl (C=O) groups is 2. The molecule has 0 unspecified atom stereocenters. The van der Waals surface area contributed by atoms with E-state index in [1.165, 1.54) is 0 Å². The Morgan fingerprint density at radius 2 is 1.86 bits per heavy atom. The quantitative estimate of drug-likeness (QED) is 0.631. The number of rotatable bonds is 3. The van der Waals surface area contributed by atoms with Crippen LogP contribution in [0.1, 0.15) is 27.5 Å². The fourth-order valence-corrected chi connectivity index (χ4v) is 3.96. The second-order valence-corrected chi connectivity index (χ2v) is 7.67. The van der Waals surface area contributed by atoms with E-state index in [0.29, 0.717) is 17.0 Å². The predicted octanol–water partition coefficient (Wildman–Crippen LogP) is 4.64. The van der Waals surface area contributed by atoms with E-state index in [0.717, 1.165) is 15.6 Å². The predicted molar refractivity (Wildman–Crippen MR) is 115 cm³/mol. The van der Waals surface area contributed by atoms with Gasteiger partial charge in [0.2, 0.25) is 5.91 Å². The highest BCUT2D eigenvalue weighted by Crippen LogP contribution is 2.38. The number of hydrogen-bond acceptors (Lipinski definition) is 3. The van der Waals surface area contributed by atoms with Gasteiger partial charge >= 0.3 is 0 Å². The Morgan fingerprint density at radius 1 is 1.07 bits per heavy atom. The molecule has 0 aliphatic carbocycles. The van der Waals surface area contributed by atoms with E-state index >= 15 is 0 Å². The molecule has 0 aromatic heterocycles. The minimum Gasteiger partial charge on any atom is -0.497 e. The number of ether oxygens (including phenoxy) is 1. The molecule has 5 nitrogen and oxygen atoms in total. The van der Waals surface area contributed by atoms with Crippen molar-refractivity contribution in [3.63, 3.8) is 0 Å². The van der Waals surface area contributed by atoms with Crippen LogP contribution in [0.3, 0.4) is 0 Å². The number of carbonyl (C=O) groups excluding carboxylic acids is 2. The molecule has 3 aromatic rings. The summed E-state index contributed by atoms with van der Waals surface area (Å²) < 4.78 is 6.14. The van der Waals surface area contributed by atoms with Crippen LogP contribution in [0.5, 0.6) is 5.75 Å². The molecule has 146 valence electrons. The van der Waals surface area contributed by atoms with Gasteiger partial charge in [-0.05, 0) is 42.0 Å². The molecular weight excluding hydrogens is 432 g/mol. The molecule has 0 bridgehead atoms. The van der Waals surface area contributed by atoms with Crippen LogP contribution in [0.15, 0.2) is 77.3 Å². The Kier molecular flexibility index (Phi) is 5.36. The fraction of sp³-hybridized carbons (Fsp3) is 0.130. The summed E-state index contributed by atoms with van der Waals surface area (Å²) in [6, 6.07) is 22.0. The van der Waals surface area contributed by atoms with Crippen LogP contribution in [-0.2, 0) is 4.79 Å². The van der Waals surface area contributed by atoms with Crippen molar-refractivity contribution in [2.75, 3.05) is 19.0 Å². The van der Waals surface area contributed by atoms with Crippen LogP contribution in [0.2, 0.25) is 0 Å². The van der Waals surface area contributed by atoms with Gasteiger partial charge in [0.1, 0.15) is 12.3 Å². The fourth-order valence-electron chi connectivity index (χ4n) is 3.58. The molecule has 1 atom stereocenters. The lowest BCUT2D eigenvalue weighted by Gasteiger charge is -2.31. The zero-order chi connectivity index (χ0) is 20.4. The van der Waals surface area contributed by atoms with Crippen LogP contribution < -0.4 is 10.1 Å². The van der Waals surface area contributed by atoms with E-state index in [4.69, 9.17) is 4.74 Å². The SMILES string of the molecule is COc1cccc(C(=O)N2CC(=O)Nc3ccc(Br)cc3[C@@H]2c2ccccc2)c1. The molecule has 0 spiro atoms. The first-order valence-corrected chi connectivity index (χ1v) is 9.95. The van der Waals surface area contributed by atoms with E-state index in [1.807, 2.05) is 48.5 Å². The molecule has 1 aliphatic rings. The number of nitrogens with one attached hydrogen (secondary N) is 1. The van der Waals surface area contributed by atoms with Crippen molar-refractivity contribution >= 4 is 33.4 Å². The minimum absolute atomic E-state index is 0.0537. The Balaban J connectivity index is 1.87. The van der Waals surface area contributed by atoms with Crippen molar-refractivity contribution < 1.29 is 14.3 Å². The van der Waals surface area contributed by atoms with Gasteiger partial charge in [-0.15, -0.1) is 0 Å². The zero-order valence-electron chi connectivity index (χ0n) is 15.8. The Bertz CT molecular complexity index is 1070. The average Bonchev–Trinajstić information content (AvgIpc) is 2.89. The maximum atomic E-state index is 13.5. The van der Waals surface area contributed by atoms with E-state index in [-0.39, 0.29) is 18.4 Å². The first-order valence-electron chi connectivity index (χ1n) is 9.16. The van der Waals surface area contributed by atoms with Gasteiger partial charge in [-0.2, -0.15) is 0 Å². The topological polar surface area (TPSA) is 58.6 Å². The molecule has 1 heterocycles. The molecule has 0 saturated carbocycles. The lowest BCUT2D eigenvalue weighted by molar-refractivity contribution is -0.117. The van der Waals surface area contributed by atoms with E-state index in [1.54, 1.807) is 36.3 Å². The number of hydrogen-bond donors (Lipinski definition) is 1. The summed E-state index contributed by atoms with van der Waals surface area (Å²) in [5.74, 6) is 0.124. The van der Waals surface area contributed by atoms with Gasteiger partial charge in [0.25, 0.3) is 5.91 Å². The van der Waals surface area contributed by atoms with Gasteiger partial charge in [-0.25, -0.2) is 0 Å². The lowest BCUT2D eigenvalue weighted by Crippen LogP contribution is -2.39. The molecule has 1 N–H and O–H groups in total. The highest BCUT2D eigenvalue weighted by molar-refractivity contribution is 9.10. The molecule has 29 heavy (non-hydrogen) atoms. The Morgan fingerprint density at radius 3 is 2.62 bits per heavy atom. The molecule has 6 heteroatoms. The van der Waals surface area contributed by atoms with Crippen molar-refractivity contribution in [3.05, 3.63) is 94.0 Å². The van der Waals surface area contributed by atoms with Crippen LogP contribution in [-0.4, -0.2) is 30.4 Å². The number of anilines is 1. The monoisotopic (exact) mass is 450 g/mol. The minimum atomic E-state index is -0.415. The largest absolute Gasteiger partial charge is 0.497 e. The van der Waals surface area contributed by atoms with Gasteiger partial charge < -0.3 is 15.0 Å². The summed E-state index contributed by atoms with van der Waals surface area (Å²) in [4.78, 5) is 27.8. The summed E-state index contributed by atoms with van der Waals surface area (Å²) in [6.45, 7) is -0.0537. The molecular formula is C23H19BrN2O3. The first-order chi connectivity index (χ1) is 14.1. The highest BCUT2D eigenvalue weighted by Gasteiger charge is 2.34. The van der Waals surface area contributed by atoms with Crippen LogP contribution in [0.25, 0.3) is 0 Å². The van der Waals surface area contributed by atoms with Crippen molar-refractivity contribution in [3.8, 4) is 5.75 Å². The molecule has 2 amide bonds. The van der Waals surface area contributed by atoms with Gasteiger partial charge in [0.15, 0.2) is 0 Å². The standard InChI is InChI=1S/C23H19BrN2O3/c1-29-18-9-5-8-16(12-18)23(28)26-14-21(27)25-20-11-10-17(24)13-19(20)22(26)15-6-3-2-4-7-15/h2-13,22H,14H2,1H3,(H,25,27)/t22-/m0/s1. The number of methoxy groups -OCH3 is 1. The van der Waals surface area contributed by atoms with E-state index in [2.05, 4.69) is 21.2 Å². The van der Waals surface area contributed by atoms with Crippen molar-refractivity contribution in [1.82, 2.24) is 4.90 Å². The van der Waals surface area contributed by atoms with Crippen molar-refractivity contribution in [1.29, 1.82) is 0 Å². The Labute approximate surface area is 177 Å². The molecule has 3 aromatic carbocycles. The van der Waals surface area contributed by atoms with Gasteiger partial charge in [0, 0.05) is 21.3 Å². The third kappa shape index (κ3) is 3.89. The summed E-state index contributed by atoms with van der Waals surface area (Å²) in [5, 5.41) is 2.93. The molecule has 0 fully saturated rings. The van der Waals surface area contributed by atoms with Crippen LogP contribution in [0, 0.1) is 0 Å². The molecule has 4 rings (SSSR count). The summed E-state index contributed by atoms with van der Waals surface area (Å²) in [7, 11) is 1.56. The first kappa shape index (κ1) is 19.2. The zero-order valence-corrected chi connectivity index (χ0v) is 17.3. The molecule has 0 saturated heterocycles. The second-order valence-electron chi connectivity index (χ2n) is 6.76. The molecule has 1 aliphatic heterocycles. The van der Waals surface area contributed by atoms with E-state index < -0.39 is 6.04 Å². The van der Waals surface area contributed by atoms with Gasteiger partial charge in [0.05, 0.1) is 13.2 Å². The van der Waals surface area contributed by atoms with Crippen molar-refractivity contribution in [2.24, 2.45) is 0 Å². The highest BCUT2D eigenvalue weighted by atomic mass is 79.9. The maximum Gasteiger partial charge on any atom is 0.255 e. The number of fused-ring (bicyclic) bond motifs is 1. The van der Waals surface area contributed by atoms with Gasteiger partial charge in [-0.1, -0.05) is 52.3 Å².